The lowest BCUT2D eigenvalue weighted by Crippen LogP contribution is -2.40. The van der Waals surface area contributed by atoms with Crippen molar-refractivity contribution in [1.82, 2.24) is 15.1 Å². The van der Waals surface area contributed by atoms with Crippen LogP contribution in [0.5, 0.6) is 0 Å². The highest BCUT2D eigenvalue weighted by atomic mass is 16.2. The van der Waals surface area contributed by atoms with Gasteiger partial charge in [-0.05, 0) is 26.6 Å². The molecule has 0 bridgehead atoms. The Balaban J connectivity index is 2.44. The van der Waals surface area contributed by atoms with E-state index in [0.717, 1.165) is 19.6 Å². The lowest BCUT2D eigenvalue weighted by molar-refractivity contribution is -0.129. The molecule has 4 heteroatoms. The number of carbonyl (C=O) groups is 1. The molecule has 1 heterocycles. The van der Waals surface area contributed by atoms with Crippen molar-refractivity contribution in [2.24, 2.45) is 0 Å². The zero-order valence-corrected chi connectivity index (χ0v) is 9.42. The summed E-state index contributed by atoms with van der Waals surface area (Å²) in [5, 5.41) is 3.36. The van der Waals surface area contributed by atoms with Crippen LogP contribution in [0.2, 0.25) is 0 Å². The minimum Gasteiger partial charge on any atom is -0.349 e. The van der Waals surface area contributed by atoms with Gasteiger partial charge in [-0.25, -0.2) is 0 Å². The van der Waals surface area contributed by atoms with Crippen LogP contribution in [0.3, 0.4) is 0 Å². The second kappa shape index (κ2) is 5.32. The number of nitrogens with zero attached hydrogens (tertiary/aromatic N) is 2. The first-order chi connectivity index (χ1) is 6.61. The van der Waals surface area contributed by atoms with Crippen molar-refractivity contribution in [2.45, 2.75) is 18.9 Å². The summed E-state index contributed by atoms with van der Waals surface area (Å²) in [5.41, 5.74) is 0. The molecule has 1 aliphatic rings. The van der Waals surface area contributed by atoms with E-state index in [1.807, 2.05) is 14.1 Å². The molecule has 1 rings (SSSR count). The molecule has 14 heavy (non-hydrogen) atoms. The molecule has 1 unspecified atom stereocenters. The van der Waals surface area contributed by atoms with Gasteiger partial charge in [0.2, 0.25) is 5.91 Å². The third kappa shape index (κ3) is 3.27. The molecule has 4 nitrogen and oxygen atoms in total. The highest BCUT2D eigenvalue weighted by Gasteiger charge is 2.20. The summed E-state index contributed by atoms with van der Waals surface area (Å²) in [6.45, 7) is 3.07. The van der Waals surface area contributed by atoms with Crippen molar-refractivity contribution in [3.63, 3.8) is 0 Å². The second-order valence-electron chi connectivity index (χ2n) is 4.18. The van der Waals surface area contributed by atoms with Crippen LogP contribution < -0.4 is 5.32 Å². The zero-order chi connectivity index (χ0) is 10.6. The van der Waals surface area contributed by atoms with Gasteiger partial charge >= 0.3 is 0 Å². The lowest BCUT2D eigenvalue weighted by atomic mass is 10.1. The molecule has 1 N–H and O–H groups in total. The fourth-order valence-corrected chi connectivity index (χ4v) is 1.67. The van der Waals surface area contributed by atoms with Crippen molar-refractivity contribution in [1.29, 1.82) is 0 Å². The van der Waals surface area contributed by atoms with E-state index in [4.69, 9.17) is 0 Å². The highest BCUT2D eigenvalue weighted by Crippen LogP contribution is 2.06. The summed E-state index contributed by atoms with van der Waals surface area (Å²) in [4.78, 5) is 15.5. The Hall–Kier alpha value is -0.610. The SMILES string of the molecule is CN(C)C(=O)CC1CNCCCN1C. The normalized spacial score (nSPS) is 24.4. The summed E-state index contributed by atoms with van der Waals surface area (Å²) in [6, 6.07) is 0.354. The molecule has 82 valence electrons. The maximum atomic E-state index is 11.5. The van der Waals surface area contributed by atoms with Crippen molar-refractivity contribution in [2.75, 3.05) is 40.8 Å². The smallest absolute Gasteiger partial charge is 0.223 e. The molecule has 1 aliphatic heterocycles. The molecule has 0 aromatic rings. The monoisotopic (exact) mass is 199 g/mol. The molecular formula is C10H21N3O. The number of nitrogens with one attached hydrogen (secondary N) is 1. The average Bonchev–Trinajstić information content (AvgIpc) is 2.32. The van der Waals surface area contributed by atoms with E-state index in [1.165, 1.54) is 6.42 Å². The van der Waals surface area contributed by atoms with E-state index in [-0.39, 0.29) is 5.91 Å². The highest BCUT2D eigenvalue weighted by molar-refractivity contribution is 5.76. The van der Waals surface area contributed by atoms with Crippen LogP contribution in [0.25, 0.3) is 0 Å². The van der Waals surface area contributed by atoms with Gasteiger partial charge in [-0.2, -0.15) is 0 Å². The van der Waals surface area contributed by atoms with Gasteiger partial charge in [0, 0.05) is 33.1 Å². The standard InChI is InChI=1S/C10H21N3O/c1-12(2)10(14)7-9-8-11-5-4-6-13(9)3/h9,11H,4-8H2,1-3H3. The summed E-state index contributed by atoms with van der Waals surface area (Å²) in [6.07, 6.45) is 1.79. The lowest BCUT2D eigenvalue weighted by Gasteiger charge is -2.25. The molecule has 0 aromatic heterocycles. The molecule has 1 amide bonds. The van der Waals surface area contributed by atoms with Gasteiger partial charge in [0.05, 0.1) is 0 Å². The summed E-state index contributed by atoms with van der Waals surface area (Å²) in [5.74, 6) is 0.213. The first-order valence-corrected chi connectivity index (χ1v) is 5.22. The minimum atomic E-state index is 0.213. The van der Waals surface area contributed by atoms with Crippen molar-refractivity contribution < 1.29 is 4.79 Å². The van der Waals surface area contributed by atoms with E-state index >= 15 is 0 Å². The number of rotatable bonds is 2. The molecule has 0 saturated carbocycles. The molecule has 1 atom stereocenters. The van der Waals surface area contributed by atoms with Gasteiger partial charge in [-0.1, -0.05) is 0 Å². The van der Waals surface area contributed by atoms with E-state index in [2.05, 4.69) is 17.3 Å². The molecule has 1 saturated heterocycles. The Morgan fingerprint density at radius 3 is 2.93 bits per heavy atom. The first-order valence-electron chi connectivity index (χ1n) is 5.22. The molecular weight excluding hydrogens is 178 g/mol. The van der Waals surface area contributed by atoms with Gasteiger partial charge in [-0.3, -0.25) is 4.79 Å². The number of likely N-dealkylation sites (N-methyl/N-ethyl adjacent to an activating group) is 1. The molecule has 0 aliphatic carbocycles. The third-order valence-electron chi connectivity index (χ3n) is 2.78. The fourth-order valence-electron chi connectivity index (χ4n) is 1.67. The fraction of sp³-hybridized carbons (Fsp3) is 0.900. The van der Waals surface area contributed by atoms with Crippen LogP contribution in [0.1, 0.15) is 12.8 Å². The number of hydrogen-bond donors (Lipinski definition) is 1. The Morgan fingerprint density at radius 1 is 1.57 bits per heavy atom. The van der Waals surface area contributed by atoms with E-state index < -0.39 is 0 Å². The Bertz CT molecular complexity index is 194. The third-order valence-corrected chi connectivity index (χ3v) is 2.78. The van der Waals surface area contributed by atoms with Crippen LogP contribution in [0.15, 0.2) is 0 Å². The van der Waals surface area contributed by atoms with Gasteiger partial charge in [0.15, 0.2) is 0 Å². The number of carbonyl (C=O) groups excluding carboxylic acids is 1. The van der Waals surface area contributed by atoms with Crippen molar-refractivity contribution in [3.8, 4) is 0 Å². The molecule has 1 fully saturated rings. The van der Waals surface area contributed by atoms with Gasteiger partial charge in [-0.15, -0.1) is 0 Å². The Labute approximate surface area is 86.2 Å². The van der Waals surface area contributed by atoms with Crippen molar-refractivity contribution in [3.05, 3.63) is 0 Å². The zero-order valence-electron chi connectivity index (χ0n) is 9.42. The Morgan fingerprint density at radius 2 is 2.29 bits per heavy atom. The summed E-state index contributed by atoms with van der Waals surface area (Å²) >= 11 is 0. The predicted octanol–water partition coefficient (Wildman–Crippen LogP) is -0.242. The number of hydrogen-bond acceptors (Lipinski definition) is 3. The topological polar surface area (TPSA) is 35.6 Å². The van der Waals surface area contributed by atoms with E-state index in [1.54, 1.807) is 4.90 Å². The molecule has 0 spiro atoms. The van der Waals surface area contributed by atoms with Crippen LogP contribution in [-0.4, -0.2) is 62.5 Å². The van der Waals surface area contributed by atoms with E-state index in [0.29, 0.717) is 12.5 Å². The minimum absolute atomic E-state index is 0.213. The van der Waals surface area contributed by atoms with E-state index in [9.17, 15) is 4.79 Å². The average molecular weight is 199 g/mol. The molecule has 0 aromatic carbocycles. The number of amides is 1. The second-order valence-corrected chi connectivity index (χ2v) is 4.18. The first kappa shape index (κ1) is 11.5. The van der Waals surface area contributed by atoms with Crippen LogP contribution >= 0.6 is 0 Å². The summed E-state index contributed by atoms with van der Waals surface area (Å²) < 4.78 is 0. The predicted molar refractivity (Wildman–Crippen MR) is 57.2 cm³/mol. The maximum Gasteiger partial charge on any atom is 0.223 e. The van der Waals surface area contributed by atoms with Crippen LogP contribution in [0.4, 0.5) is 0 Å². The van der Waals surface area contributed by atoms with Crippen LogP contribution in [-0.2, 0) is 4.79 Å². The van der Waals surface area contributed by atoms with Gasteiger partial charge in [0.1, 0.15) is 0 Å². The van der Waals surface area contributed by atoms with Gasteiger partial charge in [0.25, 0.3) is 0 Å². The van der Waals surface area contributed by atoms with Crippen LogP contribution in [0, 0.1) is 0 Å². The molecule has 0 radical (unpaired) electrons. The van der Waals surface area contributed by atoms with Crippen molar-refractivity contribution >= 4 is 5.91 Å². The summed E-state index contributed by atoms with van der Waals surface area (Å²) in [7, 11) is 5.72. The van der Waals surface area contributed by atoms with Gasteiger partial charge < -0.3 is 15.1 Å². The quantitative estimate of drug-likeness (QED) is 0.666. The maximum absolute atomic E-state index is 11.5. The largest absolute Gasteiger partial charge is 0.349 e. The Kier molecular flexibility index (Phi) is 4.35.